The third kappa shape index (κ3) is 5.71. The van der Waals surface area contributed by atoms with Gasteiger partial charge in [0.2, 0.25) is 5.91 Å². The number of hydrogen-bond donors (Lipinski definition) is 0. The molecule has 0 saturated heterocycles. The number of carbonyl (C=O) groups is 1. The van der Waals surface area contributed by atoms with Crippen molar-refractivity contribution in [3.05, 3.63) is 47.5 Å². The summed E-state index contributed by atoms with van der Waals surface area (Å²) in [5.74, 6) is -0.924. The van der Waals surface area contributed by atoms with E-state index in [4.69, 9.17) is 0 Å². The lowest BCUT2D eigenvalue weighted by molar-refractivity contribution is -0.127. The third-order valence-electron chi connectivity index (χ3n) is 3.18. The SMILES string of the molecule is C=C(C)CN(CC)C(=O)CS(=O)(=O)Cc1ccccc1C. The summed E-state index contributed by atoms with van der Waals surface area (Å²) in [6, 6.07) is 7.32. The van der Waals surface area contributed by atoms with Gasteiger partial charge in [-0.3, -0.25) is 4.79 Å². The van der Waals surface area contributed by atoms with Crippen LogP contribution in [0.2, 0.25) is 0 Å². The smallest absolute Gasteiger partial charge is 0.238 e. The third-order valence-corrected chi connectivity index (χ3v) is 4.61. The van der Waals surface area contributed by atoms with Crippen LogP contribution < -0.4 is 0 Å². The van der Waals surface area contributed by atoms with E-state index < -0.39 is 15.6 Å². The van der Waals surface area contributed by atoms with Crippen LogP contribution in [0.3, 0.4) is 0 Å². The van der Waals surface area contributed by atoms with Gasteiger partial charge in [-0.25, -0.2) is 8.42 Å². The van der Waals surface area contributed by atoms with E-state index in [0.29, 0.717) is 13.1 Å². The maximum absolute atomic E-state index is 12.2. The van der Waals surface area contributed by atoms with Crippen molar-refractivity contribution in [1.29, 1.82) is 0 Å². The van der Waals surface area contributed by atoms with Crippen LogP contribution in [-0.4, -0.2) is 38.1 Å². The fourth-order valence-corrected chi connectivity index (χ4v) is 3.50. The van der Waals surface area contributed by atoms with Gasteiger partial charge in [-0.2, -0.15) is 0 Å². The topological polar surface area (TPSA) is 54.5 Å². The lowest BCUT2D eigenvalue weighted by atomic mass is 10.1. The molecular weight excluding hydrogens is 286 g/mol. The summed E-state index contributed by atoms with van der Waals surface area (Å²) in [4.78, 5) is 13.6. The van der Waals surface area contributed by atoms with Crippen molar-refractivity contribution in [2.45, 2.75) is 26.5 Å². The van der Waals surface area contributed by atoms with Gasteiger partial charge < -0.3 is 4.90 Å². The van der Waals surface area contributed by atoms with Crippen molar-refractivity contribution >= 4 is 15.7 Å². The number of aryl methyl sites for hydroxylation is 1. The minimum atomic E-state index is -3.47. The van der Waals surface area contributed by atoms with Crippen molar-refractivity contribution in [3.8, 4) is 0 Å². The Kier molecular flexibility index (Phi) is 6.15. The average molecular weight is 309 g/mol. The second kappa shape index (κ2) is 7.41. The Hall–Kier alpha value is -1.62. The van der Waals surface area contributed by atoms with E-state index in [1.54, 1.807) is 12.1 Å². The zero-order valence-electron chi connectivity index (χ0n) is 12.9. The minimum Gasteiger partial charge on any atom is -0.338 e. The average Bonchev–Trinajstić information content (AvgIpc) is 2.37. The molecule has 0 heterocycles. The first-order valence-electron chi connectivity index (χ1n) is 6.92. The van der Waals surface area contributed by atoms with Crippen LogP contribution >= 0.6 is 0 Å². The van der Waals surface area contributed by atoms with Crippen molar-refractivity contribution in [1.82, 2.24) is 4.90 Å². The molecule has 0 spiro atoms. The molecule has 0 aliphatic heterocycles. The number of amides is 1. The number of rotatable bonds is 7. The van der Waals surface area contributed by atoms with Gasteiger partial charge in [-0.05, 0) is 31.9 Å². The lowest BCUT2D eigenvalue weighted by Crippen LogP contribution is -2.37. The summed E-state index contributed by atoms with van der Waals surface area (Å²) in [5, 5.41) is 0. The van der Waals surface area contributed by atoms with E-state index in [1.165, 1.54) is 4.90 Å². The molecule has 116 valence electrons. The Morgan fingerprint density at radius 2 is 1.90 bits per heavy atom. The predicted octanol–water partition coefficient (Wildman–Crippen LogP) is 2.33. The van der Waals surface area contributed by atoms with Crippen molar-refractivity contribution in [2.24, 2.45) is 0 Å². The lowest BCUT2D eigenvalue weighted by Gasteiger charge is -2.21. The van der Waals surface area contributed by atoms with Crippen molar-refractivity contribution < 1.29 is 13.2 Å². The van der Waals surface area contributed by atoms with E-state index in [2.05, 4.69) is 6.58 Å². The monoisotopic (exact) mass is 309 g/mol. The highest BCUT2D eigenvalue weighted by molar-refractivity contribution is 7.91. The van der Waals surface area contributed by atoms with E-state index in [9.17, 15) is 13.2 Å². The molecule has 0 bridgehead atoms. The van der Waals surface area contributed by atoms with E-state index in [1.807, 2.05) is 32.9 Å². The van der Waals surface area contributed by atoms with Gasteiger partial charge in [0.1, 0.15) is 5.75 Å². The van der Waals surface area contributed by atoms with Gasteiger partial charge in [0.25, 0.3) is 0 Å². The largest absolute Gasteiger partial charge is 0.338 e. The van der Waals surface area contributed by atoms with Crippen LogP contribution in [0.15, 0.2) is 36.4 Å². The maximum atomic E-state index is 12.2. The Bertz CT molecular complexity index is 620. The summed E-state index contributed by atoms with van der Waals surface area (Å²) in [6.07, 6.45) is 0. The van der Waals surface area contributed by atoms with Crippen LogP contribution in [0.1, 0.15) is 25.0 Å². The van der Waals surface area contributed by atoms with Gasteiger partial charge in [-0.1, -0.05) is 36.4 Å². The Morgan fingerprint density at radius 3 is 2.43 bits per heavy atom. The van der Waals surface area contributed by atoms with Crippen molar-refractivity contribution in [2.75, 3.05) is 18.8 Å². The molecule has 0 unspecified atom stereocenters. The highest BCUT2D eigenvalue weighted by Gasteiger charge is 2.21. The molecule has 0 aromatic heterocycles. The first kappa shape index (κ1) is 17.4. The molecular formula is C16H23NO3S. The second-order valence-electron chi connectivity index (χ2n) is 5.32. The standard InChI is InChI=1S/C16H23NO3S/c1-5-17(10-13(2)3)16(18)12-21(19,20)11-15-9-7-6-8-14(15)4/h6-9H,2,5,10-12H2,1,3-4H3. The molecule has 4 nitrogen and oxygen atoms in total. The highest BCUT2D eigenvalue weighted by Crippen LogP contribution is 2.12. The Morgan fingerprint density at radius 1 is 1.29 bits per heavy atom. The second-order valence-corrected chi connectivity index (χ2v) is 7.39. The quantitative estimate of drug-likeness (QED) is 0.726. The van der Waals surface area contributed by atoms with E-state index in [0.717, 1.165) is 16.7 Å². The molecule has 1 aromatic rings. The highest BCUT2D eigenvalue weighted by atomic mass is 32.2. The number of likely N-dealkylation sites (N-methyl/N-ethyl adjacent to an activating group) is 1. The fourth-order valence-electron chi connectivity index (χ4n) is 2.04. The summed E-state index contributed by atoms with van der Waals surface area (Å²) in [6.45, 7) is 10.1. The summed E-state index contributed by atoms with van der Waals surface area (Å²) >= 11 is 0. The fraction of sp³-hybridized carbons (Fsp3) is 0.438. The van der Waals surface area contributed by atoms with Gasteiger partial charge in [-0.15, -0.1) is 0 Å². The normalized spacial score (nSPS) is 11.2. The number of carbonyl (C=O) groups excluding carboxylic acids is 1. The van der Waals surface area contributed by atoms with Crippen LogP contribution in [-0.2, 0) is 20.4 Å². The van der Waals surface area contributed by atoms with Crippen molar-refractivity contribution in [3.63, 3.8) is 0 Å². The summed E-state index contributed by atoms with van der Waals surface area (Å²) in [7, 11) is -3.47. The van der Waals surface area contributed by atoms with E-state index >= 15 is 0 Å². The van der Waals surface area contributed by atoms with Crippen LogP contribution in [0.5, 0.6) is 0 Å². The molecule has 0 saturated carbocycles. The molecule has 0 radical (unpaired) electrons. The molecule has 0 fully saturated rings. The van der Waals surface area contributed by atoms with Gasteiger partial charge in [0.05, 0.1) is 5.75 Å². The van der Waals surface area contributed by atoms with Crippen LogP contribution in [0.25, 0.3) is 0 Å². The first-order chi connectivity index (χ1) is 9.75. The molecule has 0 aliphatic carbocycles. The minimum absolute atomic E-state index is 0.101. The number of hydrogen-bond acceptors (Lipinski definition) is 3. The van der Waals surface area contributed by atoms with Crippen LogP contribution in [0.4, 0.5) is 0 Å². The Labute approximate surface area is 127 Å². The molecule has 0 N–H and O–H groups in total. The molecule has 0 aliphatic rings. The Balaban J connectivity index is 2.78. The number of sulfone groups is 1. The molecule has 1 amide bonds. The predicted molar refractivity (Wildman–Crippen MR) is 85.7 cm³/mol. The van der Waals surface area contributed by atoms with Crippen LogP contribution in [0, 0.1) is 6.92 Å². The molecule has 1 aromatic carbocycles. The molecule has 1 rings (SSSR count). The first-order valence-corrected chi connectivity index (χ1v) is 8.74. The number of benzene rings is 1. The maximum Gasteiger partial charge on any atom is 0.238 e. The summed E-state index contributed by atoms with van der Waals surface area (Å²) in [5.41, 5.74) is 2.50. The van der Waals surface area contributed by atoms with Gasteiger partial charge in [0, 0.05) is 13.1 Å². The van der Waals surface area contributed by atoms with E-state index in [-0.39, 0.29) is 11.7 Å². The zero-order valence-corrected chi connectivity index (χ0v) is 13.7. The number of nitrogens with zero attached hydrogens (tertiary/aromatic N) is 1. The molecule has 0 atom stereocenters. The summed E-state index contributed by atoms with van der Waals surface area (Å²) < 4.78 is 24.4. The molecule has 5 heteroatoms. The van der Waals surface area contributed by atoms with Gasteiger partial charge >= 0.3 is 0 Å². The molecule has 21 heavy (non-hydrogen) atoms. The van der Waals surface area contributed by atoms with Gasteiger partial charge in [0.15, 0.2) is 9.84 Å². The zero-order chi connectivity index (χ0) is 16.0.